The smallest absolute Gasteiger partial charge is 0.252 e. The maximum atomic E-state index is 13.5. The maximum Gasteiger partial charge on any atom is 0.252 e. The average Bonchev–Trinajstić information content (AvgIpc) is 2.49. The van der Waals surface area contributed by atoms with Crippen LogP contribution in [0, 0.1) is 12.7 Å². The first-order valence-corrected chi connectivity index (χ1v) is 6.89. The molecule has 0 unspecified atom stereocenters. The van der Waals surface area contributed by atoms with Crippen molar-refractivity contribution >= 4 is 23.2 Å². The highest BCUT2D eigenvalue weighted by Crippen LogP contribution is 2.21. The van der Waals surface area contributed by atoms with Crippen LogP contribution in [0.2, 0.25) is 5.02 Å². The van der Waals surface area contributed by atoms with E-state index < -0.39 is 0 Å². The number of nitrogens with one attached hydrogen (secondary N) is 2. The summed E-state index contributed by atoms with van der Waals surface area (Å²) in [5.41, 5.74) is 2.60. The topological polar surface area (TPSA) is 41.1 Å². The Kier molecular flexibility index (Phi) is 4.81. The first kappa shape index (κ1) is 15.3. The van der Waals surface area contributed by atoms with Crippen LogP contribution in [0.3, 0.4) is 0 Å². The van der Waals surface area contributed by atoms with Crippen molar-refractivity contribution in [2.45, 2.75) is 13.5 Å². The zero-order valence-electron chi connectivity index (χ0n) is 11.8. The summed E-state index contributed by atoms with van der Waals surface area (Å²) in [5.74, 6) is -0.471. The van der Waals surface area contributed by atoms with E-state index >= 15 is 0 Å². The Morgan fingerprint density at radius 3 is 2.67 bits per heavy atom. The zero-order valence-corrected chi connectivity index (χ0v) is 12.6. The molecule has 0 aliphatic heterocycles. The van der Waals surface area contributed by atoms with Gasteiger partial charge in [-0.25, -0.2) is 4.39 Å². The molecule has 1 amide bonds. The SMILES string of the molecule is CNC(=O)c1cc(NCc2ccc(C)c(F)c2)ccc1Cl. The number of benzene rings is 2. The van der Waals surface area contributed by atoms with Gasteiger partial charge in [-0.3, -0.25) is 4.79 Å². The van der Waals surface area contributed by atoms with E-state index in [9.17, 15) is 9.18 Å². The molecule has 0 heterocycles. The summed E-state index contributed by atoms with van der Waals surface area (Å²) in [6, 6.07) is 10.2. The van der Waals surface area contributed by atoms with Crippen molar-refractivity contribution in [3.63, 3.8) is 0 Å². The number of rotatable bonds is 4. The monoisotopic (exact) mass is 306 g/mol. The fourth-order valence-electron chi connectivity index (χ4n) is 1.89. The van der Waals surface area contributed by atoms with Crippen LogP contribution in [0.15, 0.2) is 36.4 Å². The fraction of sp³-hybridized carbons (Fsp3) is 0.188. The molecule has 0 atom stereocenters. The van der Waals surface area contributed by atoms with Crippen molar-refractivity contribution in [1.29, 1.82) is 0 Å². The summed E-state index contributed by atoms with van der Waals surface area (Å²) in [6.45, 7) is 2.19. The van der Waals surface area contributed by atoms with Gasteiger partial charge in [0.25, 0.3) is 5.91 Å². The average molecular weight is 307 g/mol. The van der Waals surface area contributed by atoms with E-state index in [4.69, 9.17) is 11.6 Å². The molecular formula is C16H16ClFN2O. The predicted molar refractivity (Wildman–Crippen MR) is 83.3 cm³/mol. The number of anilines is 1. The van der Waals surface area contributed by atoms with E-state index in [1.807, 2.05) is 6.07 Å². The van der Waals surface area contributed by atoms with Crippen molar-refractivity contribution in [2.75, 3.05) is 12.4 Å². The van der Waals surface area contributed by atoms with Crippen molar-refractivity contribution in [3.05, 3.63) is 63.9 Å². The van der Waals surface area contributed by atoms with Gasteiger partial charge in [0.2, 0.25) is 0 Å². The molecule has 2 aromatic rings. The predicted octanol–water partition coefficient (Wildman–Crippen LogP) is 3.76. The van der Waals surface area contributed by atoms with Gasteiger partial charge in [-0.1, -0.05) is 23.7 Å². The van der Waals surface area contributed by atoms with E-state index in [1.165, 1.54) is 6.07 Å². The Labute approximate surface area is 128 Å². The lowest BCUT2D eigenvalue weighted by molar-refractivity contribution is 0.0963. The van der Waals surface area contributed by atoms with Crippen LogP contribution < -0.4 is 10.6 Å². The van der Waals surface area contributed by atoms with Gasteiger partial charge in [-0.05, 0) is 42.3 Å². The highest BCUT2D eigenvalue weighted by molar-refractivity contribution is 6.34. The van der Waals surface area contributed by atoms with Crippen molar-refractivity contribution in [1.82, 2.24) is 5.32 Å². The molecule has 2 rings (SSSR count). The van der Waals surface area contributed by atoms with Gasteiger partial charge in [0, 0.05) is 19.3 Å². The van der Waals surface area contributed by atoms with Gasteiger partial charge in [-0.2, -0.15) is 0 Å². The first-order chi connectivity index (χ1) is 10.0. The quantitative estimate of drug-likeness (QED) is 0.903. The molecule has 0 aliphatic rings. The second-order valence-electron chi connectivity index (χ2n) is 4.71. The normalized spacial score (nSPS) is 10.3. The van der Waals surface area contributed by atoms with Gasteiger partial charge in [0.15, 0.2) is 0 Å². The summed E-state index contributed by atoms with van der Waals surface area (Å²) >= 11 is 5.99. The van der Waals surface area contributed by atoms with Gasteiger partial charge >= 0.3 is 0 Å². The number of carbonyl (C=O) groups is 1. The van der Waals surface area contributed by atoms with Crippen LogP contribution in [-0.4, -0.2) is 13.0 Å². The Bertz CT molecular complexity index is 673. The van der Waals surface area contributed by atoms with Crippen LogP contribution in [-0.2, 0) is 6.54 Å². The van der Waals surface area contributed by atoms with E-state index in [0.29, 0.717) is 22.7 Å². The van der Waals surface area contributed by atoms with Gasteiger partial charge in [0.1, 0.15) is 5.82 Å². The second-order valence-corrected chi connectivity index (χ2v) is 5.12. The molecule has 0 bridgehead atoms. The minimum atomic E-state index is -0.245. The molecule has 2 N–H and O–H groups in total. The Morgan fingerprint density at radius 2 is 2.00 bits per heavy atom. The van der Waals surface area contributed by atoms with E-state index in [-0.39, 0.29) is 11.7 Å². The summed E-state index contributed by atoms with van der Waals surface area (Å²) in [6.07, 6.45) is 0. The molecule has 3 nitrogen and oxygen atoms in total. The minimum absolute atomic E-state index is 0.226. The number of carbonyl (C=O) groups excluding carboxylic acids is 1. The van der Waals surface area contributed by atoms with Crippen molar-refractivity contribution in [3.8, 4) is 0 Å². The molecule has 0 spiro atoms. The molecular weight excluding hydrogens is 291 g/mol. The molecule has 110 valence electrons. The van der Waals surface area contributed by atoms with Gasteiger partial charge < -0.3 is 10.6 Å². The molecule has 0 radical (unpaired) electrons. The molecule has 5 heteroatoms. The van der Waals surface area contributed by atoms with E-state index in [2.05, 4.69) is 10.6 Å². The van der Waals surface area contributed by atoms with E-state index in [0.717, 1.165) is 11.3 Å². The molecule has 0 fully saturated rings. The van der Waals surface area contributed by atoms with Crippen molar-refractivity contribution < 1.29 is 9.18 Å². The van der Waals surface area contributed by atoms with Crippen LogP contribution in [0.4, 0.5) is 10.1 Å². The van der Waals surface area contributed by atoms with E-state index in [1.54, 1.807) is 38.2 Å². The Balaban J connectivity index is 2.13. The van der Waals surface area contributed by atoms with Gasteiger partial charge in [0.05, 0.1) is 10.6 Å². The van der Waals surface area contributed by atoms with Crippen LogP contribution >= 0.6 is 11.6 Å². The lowest BCUT2D eigenvalue weighted by Crippen LogP contribution is -2.18. The third-order valence-corrected chi connectivity index (χ3v) is 3.50. The van der Waals surface area contributed by atoms with Crippen LogP contribution in [0.5, 0.6) is 0 Å². The van der Waals surface area contributed by atoms with Gasteiger partial charge in [-0.15, -0.1) is 0 Å². The Morgan fingerprint density at radius 1 is 1.24 bits per heavy atom. The largest absolute Gasteiger partial charge is 0.381 e. The molecule has 0 saturated carbocycles. The molecule has 21 heavy (non-hydrogen) atoms. The minimum Gasteiger partial charge on any atom is -0.381 e. The molecule has 2 aromatic carbocycles. The summed E-state index contributed by atoms with van der Waals surface area (Å²) in [7, 11) is 1.55. The molecule has 0 aromatic heterocycles. The first-order valence-electron chi connectivity index (χ1n) is 6.52. The fourth-order valence-corrected chi connectivity index (χ4v) is 2.10. The zero-order chi connectivity index (χ0) is 15.4. The lowest BCUT2D eigenvalue weighted by Gasteiger charge is -2.10. The molecule has 0 aliphatic carbocycles. The highest BCUT2D eigenvalue weighted by Gasteiger charge is 2.09. The van der Waals surface area contributed by atoms with Crippen LogP contribution in [0.1, 0.15) is 21.5 Å². The molecule has 0 saturated heterocycles. The number of aryl methyl sites for hydroxylation is 1. The number of amides is 1. The standard InChI is InChI=1S/C16H16ClFN2O/c1-10-3-4-11(7-15(10)18)9-20-12-5-6-14(17)13(8-12)16(21)19-2/h3-8,20H,9H2,1-2H3,(H,19,21). The number of hydrogen-bond acceptors (Lipinski definition) is 2. The lowest BCUT2D eigenvalue weighted by atomic mass is 10.1. The summed E-state index contributed by atoms with van der Waals surface area (Å²) in [4.78, 5) is 11.7. The maximum absolute atomic E-state index is 13.5. The number of halogens is 2. The summed E-state index contributed by atoms with van der Waals surface area (Å²) in [5, 5.41) is 6.08. The van der Waals surface area contributed by atoms with Crippen LogP contribution in [0.25, 0.3) is 0 Å². The third-order valence-electron chi connectivity index (χ3n) is 3.17. The highest BCUT2D eigenvalue weighted by atomic mass is 35.5. The number of hydrogen-bond donors (Lipinski definition) is 2. The second kappa shape index (κ2) is 6.59. The third kappa shape index (κ3) is 3.73. The summed E-state index contributed by atoms with van der Waals surface area (Å²) < 4.78 is 13.5. The van der Waals surface area contributed by atoms with Crippen molar-refractivity contribution in [2.24, 2.45) is 0 Å². The Hall–Kier alpha value is -2.07.